The van der Waals surface area contributed by atoms with Gasteiger partial charge in [-0.2, -0.15) is 5.10 Å². The number of ether oxygens (including phenoxy) is 1. The Labute approximate surface area is 155 Å². The summed E-state index contributed by atoms with van der Waals surface area (Å²) in [4.78, 5) is 22.9. The zero-order valence-corrected chi connectivity index (χ0v) is 14.8. The van der Waals surface area contributed by atoms with Crippen LogP contribution in [0.5, 0.6) is 5.75 Å². The molecular weight excluding hydrogens is 348 g/mol. The number of carboxylic acids is 1. The first-order chi connectivity index (χ1) is 13.0. The molecule has 1 aromatic heterocycles. The van der Waals surface area contributed by atoms with Gasteiger partial charge in [-0.15, -0.1) is 0 Å². The lowest BCUT2D eigenvalue weighted by molar-refractivity contribution is -0.307. The number of nitrogens with one attached hydrogen (secondary N) is 1. The minimum Gasteiger partial charge on any atom is -0.546 e. The number of benzene rings is 2. The van der Waals surface area contributed by atoms with E-state index in [2.05, 4.69) is 10.5 Å². The number of rotatable bonds is 6. The summed E-state index contributed by atoms with van der Waals surface area (Å²) >= 11 is 0. The van der Waals surface area contributed by atoms with Gasteiger partial charge in [0, 0.05) is 16.5 Å². The number of carboxylic acid groups (broad SMARTS) is 1. The van der Waals surface area contributed by atoms with Crippen LogP contribution in [0.4, 0.5) is 0 Å². The van der Waals surface area contributed by atoms with Crippen molar-refractivity contribution >= 4 is 28.6 Å². The number of carbonyl (C=O) groups excluding carboxylic acids is 2. The quantitative estimate of drug-likeness (QED) is 0.532. The van der Waals surface area contributed by atoms with Gasteiger partial charge in [0.25, 0.3) is 0 Å². The van der Waals surface area contributed by atoms with Gasteiger partial charge in [-0.05, 0) is 32.0 Å². The maximum absolute atomic E-state index is 12.4. The second-order valence-corrected chi connectivity index (χ2v) is 5.88. The Bertz CT molecular complexity index is 1040. The van der Waals surface area contributed by atoms with Crippen molar-refractivity contribution in [3.63, 3.8) is 0 Å². The first kappa shape index (κ1) is 18.2. The highest BCUT2D eigenvalue weighted by atomic mass is 16.5. The van der Waals surface area contributed by atoms with Gasteiger partial charge in [0.15, 0.2) is 5.76 Å². The molecule has 2 aromatic carbocycles. The SMILES string of the molecule is C/C(=N/NC(=O)c1oc2ccccc2c1C)c1cccc(OCC(=O)[O-])c1. The van der Waals surface area contributed by atoms with Crippen molar-refractivity contribution in [2.75, 3.05) is 6.61 Å². The average Bonchev–Trinajstić information content (AvgIpc) is 3.01. The molecule has 7 nitrogen and oxygen atoms in total. The molecule has 3 rings (SSSR count). The van der Waals surface area contributed by atoms with E-state index < -0.39 is 18.5 Å². The molecule has 7 heteroatoms. The van der Waals surface area contributed by atoms with Crippen molar-refractivity contribution < 1.29 is 23.8 Å². The molecule has 138 valence electrons. The summed E-state index contributed by atoms with van der Waals surface area (Å²) in [5.74, 6) is -1.18. The first-order valence-corrected chi connectivity index (χ1v) is 8.21. The van der Waals surface area contributed by atoms with Crippen molar-refractivity contribution in [3.05, 3.63) is 65.4 Å². The molecule has 0 saturated carbocycles. The highest BCUT2D eigenvalue weighted by molar-refractivity contribution is 6.02. The molecule has 0 atom stereocenters. The molecular formula is C20H17N2O5-. The van der Waals surface area contributed by atoms with E-state index in [4.69, 9.17) is 9.15 Å². The summed E-state index contributed by atoms with van der Waals surface area (Å²) in [7, 11) is 0. The average molecular weight is 365 g/mol. The van der Waals surface area contributed by atoms with Crippen molar-refractivity contribution in [1.82, 2.24) is 5.43 Å². The van der Waals surface area contributed by atoms with Crippen LogP contribution in [0.15, 0.2) is 58.0 Å². The second-order valence-electron chi connectivity index (χ2n) is 5.88. The van der Waals surface area contributed by atoms with Crippen LogP contribution in [0.2, 0.25) is 0 Å². The van der Waals surface area contributed by atoms with Gasteiger partial charge in [0.05, 0.1) is 11.7 Å². The van der Waals surface area contributed by atoms with Crippen LogP contribution in [0.3, 0.4) is 0 Å². The smallest absolute Gasteiger partial charge is 0.307 e. The van der Waals surface area contributed by atoms with Crippen LogP contribution in [-0.4, -0.2) is 24.2 Å². The molecule has 27 heavy (non-hydrogen) atoms. The third-order valence-electron chi connectivity index (χ3n) is 3.98. The Morgan fingerprint density at radius 1 is 1.19 bits per heavy atom. The monoisotopic (exact) mass is 365 g/mol. The number of amides is 1. The molecule has 0 aliphatic rings. The van der Waals surface area contributed by atoms with Gasteiger partial charge in [0.1, 0.15) is 17.9 Å². The number of fused-ring (bicyclic) bond motifs is 1. The number of nitrogens with zero attached hydrogens (tertiary/aromatic N) is 1. The van der Waals surface area contributed by atoms with Crippen LogP contribution in [0, 0.1) is 6.92 Å². The molecule has 1 N–H and O–H groups in total. The van der Waals surface area contributed by atoms with Crippen molar-refractivity contribution in [2.45, 2.75) is 13.8 Å². The van der Waals surface area contributed by atoms with E-state index in [0.717, 1.165) is 10.9 Å². The topological polar surface area (TPSA) is 104 Å². The minimum absolute atomic E-state index is 0.207. The van der Waals surface area contributed by atoms with Crippen LogP contribution in [0.25, 0.3) is 11.0 Å². The highest BCUT2D eigenvalue weighted by Crippen LogP contribution is 2.24. The Hall–Kier alpha value is -3.61. The maximum atomic E-state index is 12.4. The largest absolute Gasteiger partial charge is 0.546 e. The van der Waals surface area contributed by atoms with Crippen molar-refractivity contribution in [1.29, 1.82) is 0 Å². The zero-order chi connectivity index (χ0) is 19.4. The second kappa shape index (κ2) is 7.74. The van der Waals surface area contributed by atoms with Gasteiger partial charge in [-0.3, -0.25) is 4.79 Å². The number of aliphatic carboxylic acids is 1. The Morgan fingerprint density at radius 3 is 2.70 bits per heavy atom. The summed E-state index contributed by atoms with van der Waals surface area (Å²) in [6, 6.07) is 14.1. The Morgan fingerprint density at radius 2 is 1.96 bits per heavy atom. The summed E-state index contributed by atoms with van der Waals surface area (Å²) in [6.45, 7) is 2.99. The summed E-state index contributed by atoms with van der Waals surface area (Å²) in [5, 5.41) is 15.4. The Balaban J connectivity index is 1.74. The standard InChI is InChI=1S/C20H18N2O5/c1-12-16-8-3-4-9-17(16)27-19(12)20(25)22-21-13(2)14-6-5-7-15(10-14)26-11-18(23)24/h3-10H,11H2,1-2H3,(H,22,25)(H,23,24)/p-1/b21-13-. The fourth-order valence-corrected chi connectivity index (χ4v) is 2.59. The van der Waals surface area contributed by atoms with E-state index >= 15 is 0 Å². The number of hydrogen-bond acceptors (Lipinski definition) is 6. The highest BCUT2D eigenvalue weighted by Gasteiger charge is 2.17. The molecule has 0 bridgehead atoms. The number of hydrogen-bond donors (Lipinski definition) is 1. The van der Waals surface area contributed by atoms with Crippen LogP contribution >= 0.6 is 0 Å². The van der Waals surface area contributed by atoms with Crippen LogP contribution in [-0.2, 0) is 4.79 Å². The molecule has 0 aliphatic carbocycles. The van der Waals surface area contributed by atoms with Gasteiger partial charge < -0.3 is 19.1 Å². The van der Waals surface area contributed by atoms with E-state index in [1.165, 1.54) is 0 Å². The molecule has 1 heterocycles. The summed E-state index contributed by atoms with van der Waals surface area (Å²) in [5.41, 5.74) is 5.06. The summed E-state index contributed by atoms with van der Waals surface area (Å²) in [6.07, 6.45) is 0. The van der Waals surface area contributed by atoms with E-state index in [1.54, 1.807) is 37.3 Å². The predicted molar refractivity (Wildman–Crippen MR) is 97.6 cm³/mol. The van der Waals surface area contributed by atoms with Crippen molar-refractivity contribution in [2.24, 2.45) is 5.10 Å². The molecule has 0 unspecified atom stereocenters. The third kappa shape index (κ3) is 4.14. The summed E-state index contributed by atoms with van der Waals surface area (Å²) < 4.78 is 10.7. The van der Waals surface area contributed by atoms with Gasteiger partial charge in [-0.1, -0.05) is 30.3 Å². The van der Waals surface area contributed by atoms with Gasteiger partial charge in [-0.25, -0.2) is 5.43 Å². The maximum Gasteiger partial charge on any atom is 0.307 e. The lowest BCUT2D eigenvalue weighted by Gasteiger charge is -2.08. The predicted octanol–water partition coefficient (Wildman–Crippen LogP) is 2.02. The molecule has 0 aliphatic heterocycles. The fourth-order valence-electron chi connectivity index (χ4n) is 2.59. The number of furan rings is 1. The van der Waals surface area contributed by atoms with E-state index in [1.807, 2.05) is 25.1 Å². The molecule has 0 fully saturated rings. The number of hydrazone groups is 1. The van der Waals surface area contributed by atoms with Crippen LogP contribution in [0.1, 0.15) is 28.6 Å². The van der Waals surface area contributed by atoms with E-state index in [-0.39, 0.29) is 5.76 Å². The van der Waals surface area contributed by atoms with E-state index in [0.29, 0.717) is 22.6 Å². The molecule has 0 radical (unpaired) electrons. The number of carbonyl (C=O) groups is 2. The van der Waals surface area contributed by atoms with Gasteiger partial charge in [0.2, 0.25) is 0 Å². The lowest BCUT2D eigenvalue weighted by Crippen LogP contribution is -2.28. The number of para-hydroxylation sites is 1. The molecule has 3 aromatic rings. The Kier molecular flexibility index (Phi) is 5.21. The van der Waals surface area contributed by atoms with Gasteiger partial charge >= 0.3 is 5.91 Å². The number of aryl methyl sites for hydroxylation is 1. The first-order valence-electron chi connectivity index (χ1n) is 8.21. The molecule has 1 amide bonds. The fraction of sp³-hybridized carbons (Fsp3) is 0.150. The van der Waals surface area contributed by atoms with E-state index in [9.17, 15) is 14.7 Å². The third-order valence-corrected chi connectivity index (χ3v) is 3.98. The lowest BCUT2D eigenvalue weighted by atomic mass is 10.1. The zero-order valence-electron chi connectivity index (χ0n) is 14.8. The minimum atomic E-state index is -1.31. The van der Waals surface area contributed by atoms with Crippen molar-refractivity contribution in [3.8, 4) is 5.75 Å². The van der Waals surface area contributed by atoms with Crippen LogP contribution < -0.4 is 15.3 Å². The molecule has 0 spiro atoms. The molecule has 0 saturated heterocycles. The normalized spacial score (nSPS) is 11.4.